The molecule has 31 heavy (non-hydrogen) atoms. The van der Waals surface area contributed by atoms with E-state index in [1.54, 1.807) is 11.6 Å². The predicted octanol–water partition coefficient (Wildman–Crippen LogP) is 1.91. The van der Waals surface area contributed by atoms with Gasteiger partial charge in [0, 0.05) is 7.05 Å². The van der Waals surface area contributed by atoms with Gasteiger partial charge in [-0.15, -0.1) is 0 Å². The molecular weight excluding hydrogens is 396 g/mol. The maximum absolute atomic E-state index is 13.6. The number of aryl methyl sites for hydroxylation is 3. The second-order valence-corrected chi connectivity index (χ2v) is 8.29. The highest BCUT2D eigenvalue weighted by molar-refractivity contribution is 5.92. The largest absolute Gasteiger partial charge is 0.332 e. The van der Waals surface area contributed by atoms with E-state index in [4.69, 9.17) is 0 Å². The van der Waals surface area contributed by atoms with Crippen LogP contribution in [0.3, 0.4) is 0 Å². The average molecular weight is 422 g/mol. The summed E-state index contributed by atoms with van der Waals surface area (Å²) in [6, 6.07) is 5.75. The van der Waals surface area contributed by atoms with E-state index in [1.807, 2.05) is 45.9 Å². The molecule has 9 nitrogen and oxygen atoms in total. The van der Waals surface area contributed by atoms with Gasteiger partial charge in [0.25, 0.3) is 5.56 Å². The minimum absolute atomic E-state index is 0.0397. The summed E-state index contributed by atoms with van der Waals surface area (Å²) in [5.74, 6) is 0.311. The molecule has 0 amide bonds. The Morgan fingerprint density at radius 3 is 2.55 bits per heavy atom. The van der Waals surface area contributed by atoms with Crippen LogP contribution in [0, 0.1) is 13.8 Å². The van der Waals surface area contributed by atoms with Gasteiger partial charge in [0.05, 0.1) is 18.3 Å². The summed E-state index contributed by atoms with van der Waals surface area (Å²) in [4.78, 5) is 43.0. The van der Waals surface area contributed by atoms with Gasteiger partial charge in [0.15, 0.2) is 16.9 Å². The molecule has 0 saturated heterocycles. The highest BCUT2D eigenvalue weighted by Gasteiger charge is 2.31. The smallest absolute Gasteiger partial charge is 0.298 e. The van der Waals surface area contributed by atoms with Crippen molar-refractivity contribution in [3.63, 3.8) is 0 Å². The van der Waals surface area contributed by atoms with E-state index < -0.39 is 11.2 Å². The van der Waals surface area contributed by atoms with Crippen LogP contribution in [0.25, 0.3) is 11.2 Å². The third kappa shape index (κ3) is 3.30. The fourth-order valence-corrected chi connectivity index (χ4v) is 3.98. The second kappa shape index (κ2) is 7.33. The second-order valence-electron chi connectivity index (χ2n) is 8.29. The fourth-order valence-electron chi connectivity index (χ4n) is 3.98. The number of rotatable bonds is 4. The number of anilines is 1. The van der Waals surface area contributed by atoms with Crippen molar-refractivity contribution in [1.82, 2.24) is 18.7 Å². The zero-order chi connectivity index (χ0) is 22.6. The minimum atomic E-state index is -0.433. The number of Topliss-reactive ketones (excluding diaryl/α,β-unsaturated/α-hetero) is 1. The first-order valence-electron chi connectivity index (χ1n) is 10.2. The number of ketones is 1. The van der Waals surface area contributed by atoms with E-state index in [1.165, 1.54) is 21.1 Å². The van der Waals surface area contributed by atoms with Crippen molar-refractivity contribution in [3.05, 3.63) is 55.7 Å². The number of imidazole rings is 1. The Morgan fingerprint density at radius 2 is 1.87 bits per heavy atom. The van der Waals surface area contributed by atoms with E-state index in [9.17, 15) is 14.4 Å². The summed E-state index contributed by atoms with van der Waals surface area (Å²) in [5.41, 5.74) is 3.53. The summed E-state index contributed by atoms with van der Waals surface area (Å²) in [6.45, 7) is 9.41. The van der Waals surface area contributed by atoms with Gasteiger partial charge in [-0.25, -0.2) is 9.80 Å². The summed E-state index contributed by atoms with van der Waals surface area (Å²) >= 11 is 0. The third-order valence-corrected chi connectivity index (χ3v) is 5.86. The van der Waals surface area contributed by atoms with Crippen LogP contribution in [0.15, 0.2) is 32.9 Å². The molecule has 9 heteroatoms. The fraction of sp³-hybridized carbons (Fsp3) is 0.409. The van der Waals surface area contributed by atoms with Gasteiger partial charge in [0.1, 0.15) is 6.54 Å². The van der Waals surface area contributed by atoms with E-state index >= 15 is 0 Å². The van der Waals surface area contributed by atoms with Gasteiger partial charge in [-0.05, 0) is 45.7 Å². The quantitative estimate of drug-likeness (QED) is 0.640. The molecule has 1 aliphatic heterocycles. The number of hydrazone groups is 1. The molecule has 0 fully saturated rings. The molecule has 3 aromatic rings. The van der Waals surface area contributed by atoms with Crippen LogP contribution in [0.1, 0.15) is 43.5 Å². The van der Waals surface area contributed by atoms with Crippen molar-refractivity contribution < 1.29 is 4.79 Å². The van der Waals surface area contributed by atoms with Crippen LogP contribution in [-0.2, 0) is 18.4 Å². The molecule has 4 rings (SSSR count). The summed E-state index contributed by atoms with van der Waals surface area (Å²) in [5, 5.41) is 5.98. The van der Waals surface area contributed by atoms with Crippen molar-refractivity contribution in [2.24, 2.45) is 12.1 Å². The summed E-state index contributed by atoms with van der Waals surface area (Å²) in [7, 11) is 1.61. The first kappa shape index (κ1) is 20.8. The molecule has 1 aliphatic rings. The van der Waals surface area contributed by atoms with Gasteiger partial charge in [-0.1, -0.05) is 23.8 Å². The molecule has 0 bridgehead atoms. The zero-order valence-electron chi connectivity index (χ0n) is 18.6. The minimum Gasteiger partial charge on any atom is -0.298 e. The van der Waals surface area contributed by atoms with E-state index in [0.29, 0.717) is 11.5 Å². The maximum atomic E-state index is 13.6. The molecular formula is C22H26N6O3. The Morgan fingerprint density at radius 1 is 1.16 bits per heavy atom. The Balaban J connectivity index is 1.99. The predicted molar refractivity (Wildman–Crippen MR) is 120 cm³/mol. The molecule has 0 radical (unpaired) electrons. The topological polar surface area (TPSA) is 94.5 Å². The zero-order valence-corrected chi connectivity index (χ0v) is 18.6. The molecule has 0 saturated carbocycles. The number of aromatic nitrogens is 4. The number of benzene rings is 1. The Bertz CT molecular complexity index is 1370. The molecule has 162 valence electrons. The molecule has 0 unspecified atom stereocenters. The van der Waals surface area contributed by atoms with Crippen LogP contribution in [0.5, 0.6) is 0 Å². The monoisotopic (exact) mass is 422 g/mol. The van der Waals surface area contributed by atoms with Crippen LogP contribution in [-0.4, -0.2) is 36.7 Å². The lowest BCUT2D eigenvalue weighted by Crippen LogP contribution is -2.41. The highest BCUT2D eigenvalue weighted by Crippen LogP contribution is 2.29. The van der Waals surface area contributed by atoms with Crippen molar-refractivity contribution in [2.45, 2.75) is 47.2 Å². The van der Waals surface area contributed by atoms with Gasteiger partial charge >= 0.3 is 5.69 Å². The first-order chi connectivity index (χ1) is 14.6. The van der Waals surface area contributed by atoms with Crippen LogP contribution in [0.4, 0.5) is 5.95 Å². The normalized spacial score (nSPS) is 15.9. The van der Waals surface area contributed by atoms with Gasteiger partial charge < -0.3 is 0 Å². The van der Waals surface area contributed by atoms with Crippen LogP contribution in [0.2, 0.25) is 0 Å². The van der Waals surface area contributed by atoms with Crippen molar-refractivity contribution in [1.29, 1.82) is 0 Å². The first-order valence-corrected chi connectivity index (χ1v) is 10.2. The Hall–Kier alpha value is -3.49. The summed E-state index contributed by atoms with van der Waals surface area (Å²) in [6.07, 6.45) is 0. The molecule has 1 atom stereocenters. The molecule has 0 spiro atoms. The number of hydrogen-bond donors (Lipinski definition) is 0. The lowest BCUT2D eigenvalue weighted by Gasteiger charge is -2.28. The van der Waals surface area contributed by atoms with Gasteiger partial charge in [0.2, 0.25) is 5.95 Å². The molecule has 3 heterocycles. The third-order valence-electron chi connectivity index (χ3n) is 5.86. The van der Waals surface area contributed by atoms with E-state index in [0.717, 1.165) is 22.4 Å². The van der Waals surface area contributed by atoms with Crippen LogP contribution >= 0.6 is 0 Å². The number of hydrogen-bond acceptors (Lipinski definition) is 6. The molecule has 0 aliphatic carbocycles. The summed E-state index contributed by atoms with van der Waals surface area (Å²) < 4.78 is 4.42. The van der Waals surface area contributed by atoms with Crippen LogP contribution < -0.4 is 16.3 Å². The Kier molecular flexibility index (Phi) is 4.91. The van der Waals surface area contributed by atoms with Crippen molar-refractivity contribution >= 4 is 28.6 Å². The molecule has 2 aromatic heterocycles. The number of nitrogens with zero attached hydrogens (tertiary/aromatic N) is 6. The standard InChI is InChI=1S/C22H26N6O3/c1-12-7-8-13(2)17(9-12)11-26-20(30)18-19(25(6)22(26)31)23-21-27(10-14(3)29)24-15(4)16(5)28(18)21/h7-9,16H,10-11H2,1-6H3/t16-/m1/s1. The molecule has 0 N–H and O–H groups in total. The highest BCUT2D eigenvalue weighted by atomic mass is 16.2. The number of carbonyl (C=O) groups excluding carboxylic acids is 1. The Labute approximate surface area is 179 Å². The van der Waals surface area contributed by atoms with Crippen molar-refractivity contribution in [3.8, 4) is 0 Å². The van der Waals surface area contributed by atoms with E-state index in [2.05, 4.69) is 10.1 Å². The van der Waals surface area contributed by atoms with Crippen molar-refractivity contribution in [2.75, 3.05) is 11.6 Å². The lowest BCUT2D eigenvalue weighted by atomic mass is 10.1. The van der Waals surface area contributed by atoms with Gasteiger partial charge in [-0.3, -0.25) is 23.3 Å². The molecule has 1 aromatic carbocycles. The number of carbonyl (C=O) groups is 1. The lowest BCUT2D eigenvalue weighted by molar-refractivity contribution is -0.115. The number of fused-ring (bicyclic) bond motifs is 3. The SMILES string of the molecule is CC(=O)CN1N=C(C)[C@@H](C)n2c1nc1c2c(=O)n(Cc2cc(C)ccc2C)c(=O)n1C. The van der Waals surface area contributed by atoms with E-state index in [-0.39, 0.29) is 30.6 Å². The maximum Gasteiger partial charge on any atom is 0.332 e. The average Bonchev–Trinajstić information content (AvgIpc) is 3.11. The van der Waals surface area contributed by atoms with Gasteiger partial charge in [-0.2, -0.15) is 10.1 Å².